The van der Waals surface area contributed by atoms with E-state index in [4.69, 9.17) is 18.9 Å². The van der Waals surface area contributed by atoms with Crippen LogP contribution in [0.4, 0.5) is 0 Å². The number of carbonyl (C=O) groups excluding carboxylic acids is 1. The van der Waals surface area contributed by atoms with Crippen molar-refractivity contribution in [2.45, 2.75) is 120 Å². The normalized spacial score (nSPS) is 33.9. The molecule has 1 aromatic heterocycles. The van der Waals surface area contributed by atoms with Gasteiger partial charge in [0.1, 0.15) is 23.6 Å². The van der Waals surface area contributed by atoms with Crippen LogP contribution in [0.3, 0.4) is 0 Å². The van der Waals surface area contributed by atoms with Gasteiger partial charge in [0.15, 0.2) is 11.9 Å². The molecule has 0 aromatic carbocycles. The minimum absolute atomic E-state index is 0.0286. The number of methoxy groups -OCH3 is 1. The molecule has 5 rings (SSSR count). The number of aliphatic hydroxyl groups is 4. The molecule has 3 heterocycles. The maximum Gasteiger partial charge on any atom is 0.333 e. The van der Waals surface area contributed by atoms with Gasteiger partial charge in [-0.2, -0.15) is 0 Å². The van der Waals surface area contributed by atoms with E-state index in [-0.39, 0.29) is 37.4 Å². The Bertz CT molecular complexity index is 1510. The summed E-state index contributed by atoms with van der Waals surface area (Å²) in [6, 6.07) is 2.05. The van der Waals surface area contributed by atoms with Crippen molar-refractivity contribution in [3.8, 4) is 0 Å². The molecule has 2 aliphatic carbocycles. The quantitative estimate of drug-likeness (QED) is 0.132. The van der Waals surface area contributed by atoms with Crippen LogP contribution in [0.15, 0.2) is 30.4 Å². The van der Waals surface area contributed by atoms with Crippen LogP contribution in [0, 0.1) is 17.8 Å². The highest BCUT2D eigenvalue weighted by Gasteiger charge is 2.64. The molecule has 9 atom stereocenters. The number of H-pyrrole nitrogens is 1. The molecule has 1 spiro atoms. The first-order valence-electron chi connectivity index (χ1n) is 17.7. The highest BCUT2D eigenvalue weighted by atomic mass is 16.7. The molecule has 12 heteroatoms. The number of rotatable bonds is 13. The molecule has 2 aliphatic heterocycles. The number of hydrogen-bond acceptors (Lipinski definition) is 10. The average Bonchev–Trinajstić information content (AvgIpc) is 3.54. The lowest BCUT2D eigenvalue weighted by molar-refractivity contribution is -0.365. The van der Waals surface area contributed by atoms with Crippen LogP contribution in [-0.2, 0) is 28.5 Å². The molecule has 49 heavy (non-hydrogen) atoms. The van der Waals surface area contributed by atoms with Gasteiger partial charge in [-0.15, -0.1) is 6.58 Å². The molecular formula is C37H53NO11. The van der Waals surface area contributed by atoms with E-state index >= 15 is 0 Å². The summed E-state index contributed by atoms with van der Waals surface area (Å²) in [5.41, 5.74) is -2.51. The number of aliphatic carboxylic acids is 1. The van der Waals surface area contributed by atoms with Gasteiger partial charge < -0.3 is 49.5 Å². The number of aromatic nitrogens is 1. The van der Waals surface area contributed by atoms with Crippen LogP contribution in [0.1, 0.15) is 89.7 Å². The maximum atomic E-state index is 12.5. The lowest BCUT2D eigenvalue weighted by Gasteiger charge is -2.55. The van der Waals surface area contributed by atoms with Gasteiger partial charge in [-0.25, -0.2) is 4.79 Å². The highest BCUT2D eigenvalue weighted by Crippen LogP contribution is 2.46. The van der Waals surface area contributed by atoms with Gasteiger partial charge in [0.05, 0.1) is 31.6 Å². The van der Waals surface area contributed by atoms with Gasteiger partial charge in [0, 0.05) is 41.3 Å². The number of aliphatic hydroxyl groups excluding tert-OH is 3. The summed E-state index contributed by atoms with van der Waals surface area (Å²) in [5, 5.41) is 56.1. The number of fused-ring (bicyclic) bond motifs is 1. The second kappa shape index (κ2) is 15.5. The van der Waals surface area contributed by atoms with Crippen molar-refractivity contribution in [2.75, 3.05) is 20.3 Å². The number of ether oxygens (including phenoxy) is 4. The second-order valence-corrected chi connectivity index (χ2v) is 14.1. The summed E-state index contributed by atoms with van der Waals surface area (Å²) >= 11 is 0. The number of nitrogens with one attached hydrogen (secondary N) is 1. The van der Waals surface area contributed by atoms with Crippen LogP contribution in [0.2, 0.25) is 0 Å². The Kier molecular flexibility index (Phi) is 11.8. The first kappa shape index (κ1) is 37.3. The van der Waals surface area contributed by atoms with Crippen molar-refractivity contribution in [1.29, 1.82) is 0 Å². The van der Waals surface area contributed by atoms with E-state index in [1.807, 2.05) is 0 Å². The first-order valence-corrected chi connectivity index (χ1v) is 17.7. The number of carbonyl (C=O) groups is 2. The molecule has 1 saturated carbocycles. The van der Waals surface area contributed by atoms with E-state index in [0.717, 1.165) is 29.1 Å². The summed E-state index contributed by atoms with van der Waals surface area (Å²) in [5.74, 6) is -1.98. The Morgan fingerprint density at radius 2 is 1.96 bits per heavy atom. The number of aromatic amines is 1. The van der Waals surface area contributed by atoms with Crippen LogP contribution < -0.4 is 10.6 Å². The zero-order valence-electron chi connectivity index (χ0n) is 28.8. The maximum absolute atomic E-state index is 12.5. The van der Waals surface area contributed by atoms with Crippen molar-refractivity contribution < 1.29 is 54.1 Å². The molecule has 12 nitrogen and oxygen atoms in total. The van der Waals surface area contributed by atoms with Crippen molar-refractivity contribution in [2.24, 2.45) is 17.8 Å². The van der Waals surface area contributed by atoms with E-state index < -0.39 is 66.2 Å². The predicted octanol–water partition coefficient (Wildman–Crippen LogP) is 2.13. The lowest BCUT2D eigenvalue weighted by Crippen LogP contribution is -2.74. The Hall–Kier alpha value is -3.00. The standard InChI is InChI=1S/C37H53NO11/c1-5-24-26(18-31(41)42)25(33(43)46-4)14-15-28(24)47-35-36(45,6-2)34(44)37(30(20-40)48-35)19-23-17-27(21(3)22-11-8-7-9-12-22)38-32(23)29(49-37)13-10-16-39/h5,14,17,19,21-22,24,26,28,30,34-35,38-40,44-45H,1,6-13,15-16,18,20H2,2-4H3,(H,41,42). The third-order valence-electron chi connectivity index (χ3n) is 11.3. The molecule has 1 aromatic rings. The molecule has 1 saturated heterocycles. The van der Waals surface area contributed by atoms with Gasteiger partial charge in [-0.05, 0) is 56.1 Å². The lowest BCUT2D eigenvalue weighted by atomic mass is 9.73. The SMILES string of the molecule is C=CC1C(OC2OC(CO)C3(C=c4cc(C(C)C5CCCCC5)[nH]c4=C(CCCO)O3)C(O)C2(O)CC)CC=C(C(=O)OC)C1CC(=O)O. The Morgan fingerprint density at radius 1 is 1.22 bits per heavy atom. The summed E-state index contributed by atoms with van der Waals surface area (Å²) < 4.78 is 24.3. The van der Waals surface area contributed by atoms with E-state index in [9.17, 15) is 35.1 Å². The minimum Gasteiger partial charge on any atom is -0.481 e. The summed E-state index contributed by atoms with van der Waals surface area (Å²) in [6.07, 6.45) is 6.18. The number of hydrogen-bond donors (Lipinski definition) is 6. The van der Waals surface area contributed by atoms with Crippen LogP contribution >= 0.6 is 0 Å². The zero-order valence-corrected chi connectivity index (χ0v) is 28.8. The topological polar surface area (TPSA) is 188 Å². The van der Waals surface area contributed by atoms with Gasteiger partial charge in [-0.3, -0.25) is 4.79 Å². The number of carboxylic acids is 1. The van der Waals surface area contributed by atoms with Crippen LogP contribution in [0.25, 0.3) is 11.8 Å². The molecule has 0 bridgehead atoms. The fraction of sp³-hybridized carbons (Fsp3) is 0.676. The van der Waals surface area contributed by atoms with E-state index in [2.05, 4.69) is 24.6 Å². The van der Waals surface area contributed by atoms with Crippen LogP contribution in [-0.4, -0.2) is 98.6 Å². The van der Waals surface area contributed by atoms with Crippen LogP contribution in [0.5, 0.6) is 0 Å². The fourth-order valence-corrected chi connectivity index (χ4v) is 8.41. The van der Waals surface area contributed by atoms with E-state index in [0.29, 0.717) is 24.5 Å². The molecule has 2 fully saturated rings. The Morgan fingerprint density at radius 3 is 2.57 bits per heavy atom. The molecule has 4 aliphatic rings. The third kappa shape index (κ3) is 7.00. The van der Waals surface area contributed by atoms with E-state index in [1.165, 1.54) is 32.4 Å². The van der Waals surface area contributed by atoms with Gasteiger partial charge in [-0.1, -0.05) is 45.3 Å². The average molecular weight is 688 g/mol. The molecule has 0 radical (unpaired) electrons. The van der Waals surface area contributed by atoms with Crippen molar-refractivity contribution in [3.05, 3.63) is 46.6 Å². The van der Waals surface area contributed by atoms with Gasteiger partial charge in [0.2, 0.25) is 0 Å². The van der Waals surface area contributed by atoms with Gasteiger partial charge >= 0.3 is 11.9 Å². The number of esters is 1. The van der Waals surface area contributed by atoms with E-state index in [1.54, 1.807) is 19.1 Å². The smallest absolute Gasteiger partial charge is 0.333 e. The van der Waals surface area contributed by atoms with Crippen molar-refractivity contribution >= 4 is 23.8 Å². The molecular weight excluding hydrogens is 634 g/mol. The largest absolute Gasteiger partial charge is 0.481 e. The molecule has 9 unspecified atom stereocenters. The first-order chi connectivity index (χ1) is 23.5. The number of carboxylic acid groups (broad SMARTS) is 1. The highest BCUT2D eigenvalue weighted by molar-refractivity contribution is 5.90. The summed E-state index contributed by atoms with van der Waals surface area (Å²) in [4.78, 5) is 27.9. The second-order valence-electron chi connectivity index (χ2n) is 14.1. The summed E-state index contributed by atoms with van der Waals surface area (Å²) in [7, 11) is 1.22. The zero-order chi connectivity index (χ0) is 35.5. The third-order valence-corrected chi connectivity index (χ3v) is 11.3. The monoisotopic (exact) mass is 687 g/mol. The summed E-state index contributed by atoms with van der Waals surface area (Å²) in [6.45, 7) is 7.11. The van der Waals surface area contributed by atoms with Crippen molar-refractivity contribution in [1.82, 2.24) is 4.98 Å². The Balaban J connectivity index is 1.51. The molecule has 272 valence electrons. The van der Waals surface area contributed by atoms with Crippen molar-refractivity contribution in [3.63, 3.8) is 0 Å². The molecule has 0 amide bonds. The Labute approximate surface area is 287 Å². The predicted molar refractivity (Wildman–Crippen MR) is 179 cm³/mol. The van der Waals surface area contributed by atoms with Gasteiger partial charge in [0.25, 0.3) is 0 Å². The molecule has 6 N–H and O–H groups in total. The minimum atomic E-state index is -2.04. The fourth-order valence-electron chi connectivity index (χ4n) is 8.41.